The molecule has 0 radical (unpaired) electrons. The van der Waals surface area contributed by atoms with E-state index in [1.807, 2.05) is 39.0 Å². The average Bonchev–Trinajstić information content (AvgIpc) is 2.43. The summed E-state index contributed by atoms with van der Waals surface area (Å²) in [4.78, 5) is 16.3. The molecule has 0 aliphatic carbocycles. The highest BCUT2D eigenvalue weighted by atomic mass is 16.6. The van der Waals surface area contributed by atoms with Gasteiger partial charge in [0.2, 0.25) is 0 Å². The number of carbonyl (C=O) groups is 1. The molecular formula is C16H26N2O4. The van der Waals surface area contributed by atoms with Gasteiger partial charge in [-0.15, -0.1) is 0 Å². The summed E-state index contributed by atoms with van der Waals surface area (Å²) in [5.74, 6) is 0. The van der Waals surface area contributed by atoms with E-state index in [0.29, 0.717) is 13.0 Å². The van der Waals surface area contributed by atoms with Crippen LogP contribution in [0.15, 0.2) is 24.4 Å². The molecule has 6 heteroatoms. The third-order valence-corrected chi connectivity index (χ3v) is 2.94. The highest BCUT2D eigenvalue weighted by Gasteiger charge is 2.26. The van der Waals surface area contributed by atoms with Crippen molar-refractivity contribution in [3.8, 4) is 0 Å². The maximum Gasteiger partial charge on any atom is 0.407 e. The van der Waals surface area contributed by atoms with Gasteiger partial charge in [-0.1, -0.05) is 6.07 Å². The molecule has 2 atom stereocenters. The zero-order chi connectivity index (χ0) is 16.6. The summed E-state index contributed by atoms with van der Waals surface area (Å²) in [7, 11) is 3.18. The Morgan fingerprint density at radius 1 is 1.32 bits per heavy atom. The highest BCUT2D eigenvalue weighted by Crippen LogP contribution is 2.10. The lowest BCUT2D eigenvalue weighted by molar-refractivity contribution is -0.00165. The number of nitrogens with one attached hydrogen (secondary N) is 1. The molecule has 0 bridgehead atoms. The number of methoxy groups -OCH3 is 2. The van der Waals surface area contributed by atoms with Crippen LogP contribution in [0.25, 0.3) is 0 Å². The molecule has 1 aromatic rings. The van der Waals surface area contributed by atoms with E-state index in [0.717, 1.165) is 5.69 Å². The monoisotopic (exact) mass is 310 g/mol. The first-order chi connectivity index (χ1) is 10.4. The second kappa shape index (κ2) is 8.70. The Kier molecular flexibility index (Phi) is 7.27. The molecule has 1 aromatic heterocycles. The molecule has 0 saturated heterocycles. The first-order valence-electron chi connectivity index (χ1n) is 7.27. The largest absolute Gasteiger partial charge is 0.444 e. The summed E-state index contributed by atoms with van der Waals surface area (Å²) in [5, 5.41) is 2.85. The minimum absolute atomic E-state index is 0.292. The van der Waals surface area contributed by atoms with Crippen LogP contribution in [0.3, 0.4) is 0 Å². The molecule has 1 N–H and O–H groups in total. The van der Waals surface area contributed by atoms with E-state index in [1.165, 1.54) is 0 Å². The minimum atomic E-state index is -0.552. The fourth-order valence-corrected chi connectivity index (χ4v) is 1.99. The summed E-state index contributed by atoms with van der Waals surface area (Å²) >= 11 is 0. The number of hydrogen-bond acceptors (Lipinski definition) is 5. The Morgan fingerprint density at radius 3 is 2.55 bits per heavy atom. The van der Waals surface area contributed by atoms with Crippen molar-refractivity contribution in [1.29, 1.82) is 0 Å². The van der Waals surface area contributed by atoms with Crippen LogP contribution in [0, 0.1) is 0 Å². The molecule has 0 fully saturated rings. The Balaban J connectivity index is 2.79. The van der Waals surface area contributed by atoms with Gasteiger partial charge in [-0.3, -0.25) is 4.98 Å². The molecule has 1 heterocycles. The van der Waals surface area contributed by atoms with Crippen molar-refractivity contribution in [2.75, 3.05) is 20.8 Å². The molecule has 0 spiro atoms. The second-order valence-corrected chi connectivity index (χ2v) is 6.01. The van der Waals surface area contributed by atoms with Crippen LogP contribution in [0.4, 0.5) is 4.79 Å². The van der Waals surface area contributed by atoms with Gasteiger partial charge in [0.05, 0.1) is 12.6 Å². The Bertz CT molecular complexity index is 445. The second-order valence-electron chi connectivity index (χ2n) is 6.01. The summed E-state index contributed by atoms with van der Waals surface area (Å²) in [6.07, 6.45) is 1.48. The number of nitrogens with zero attached hydrogens (tertiary/aromatic N) is 1. The lowest BCUT2D eigenvalue weighted by Gasteiger charge is -2.28. The van der Waals surface area contributed by atoms with Crippen molar-refractivity contribution in [1.82, 2.24) is 10.3 Å². The van der Waals surface area contributed by atoms with Crippen LogP contribution >= 0.6 is 0 Å². The topological polar surface area (TPSA) is 69.7 Å². The lowest BCUT2D eigenvalue weighted by atomic mass is 10.1. The van der Waals surface area contributed by atoms with Gasteiger partial charge in [0.25, 0.3) is 0 Å². The van der Waals surface area contributed by atoms with Gasteiger partial charge >= 0.3 is 6.09 Å². The average molecular weight is 310 g/mol. The first-order valence-corrected chi connectivity index (χ1v) is 7.27. The van der Waals surface area contributed by atoms with E-state index >= 15 is 0 Å². The predicted octanol–water partition coefficient (Wildman–Crippen LogP) is 2.18. The fourth-order valence-electron chi connectivity index (χ4n) is 1.99. The minimum Gasteiger partial charge on any atom is -0.444 e. The van der Waals surface area contributed by atoms with Gasteiger partial charge < -0.3 is 19.5 Å². The van der Waals surface area contributed by atoms with Crippen molar-refractivity contribution >= 4 is 6.09 Å². The van der Waals surface area contributed by atoms with Crippen LogP contribution in [0.2, 0.25) is 0 Å². The van der Waals surface area contributed by atoms with Gasteiger partial charge in [0, 0.05) is 32.5 Å². The Labute approximate surface area is 132 Å². The van der Waals surface area contributed by atoms with Gasteiger partial charge in [-0.25, -0.2) is 4.79 Å². The van der Waals surface area contributed by atoms with E-state index in [2.05, 4.69) is 10.3 Å². The quantitative estimate of drug-likeness (QED) is 0.836. The Hall–Kier alpha value is -1.66. The third-order valence-electron chi connectivity index (χ3n) is 2.94. The van der Waals surface area contributed by atoms with Crippen molar-refractivity contribution in [3.63, 3.8) is 0 Å². The van der Waals surface area contributed by atoms with Crippen molar-refractivity contribution in [3.05, 3.63) is 30.1 Å². The summed E-state index contributed by atoms with van der Waals surface area (Å²) < 4.78 is 15.9. The lowest BCUT2D eigenvalue weighted by Crippen LogP contribution is -2.49. The number of rotatable bonds is 7. The zero-order valence-corrected chi connectivity index (χ0v) is 14.0. The number of ether oxygens (including phenoxy) is 3. The summed E-state index contributed by atoms with van der Waals surface area (Å²) in [6.45, 7) is 5.83. The molecule has 0 saturated carbocycles. The third kappa shape index (κ3) is 6.87. The van der Waals surface area contributed by atoms with E-state index in [9.17, 15) is 4.79 Å². The molecule has 0 aliphatic rings. The fraction of sp³-hybridized carbons (Fsp3) is 0.625. The van der Waals surface area contributed by atoms with Crippen LogP contribution < -0.4 is 5.32 Å². The summed E-state index contributed by atoms with van der Waals surface area (Å²) in [6, 6.07) is 5.37. The smallest absolute Gasteiger partial charge is 0.407 e. The number of aromatic nitrogens is 1. The number of hydrogen-bond donors (Lipinski definition) is 1. The molecule has 6 nitrogen and oxygen atoms in total. The zero-order valence-electron chi connectivity index (χ0n) is 14.0. The Morgan fingerprint density at radius 2 is 2.05 bits per heavy atom. The first kappa shape index (κ1) is 18.4. The molecule has 124 valence electrons. The standard InChI is InChI=1S/C16H26N2O4/c1-16(2,3)22-15(19)18-13(14(21-5)11-20-4)10-12-8-6-7-9-17-12/h6-9,13-14H,10-11H2,1-5H3,(H,18,19). The molecule has 0 aromatic carbocycles. The number of amides is 1. The number of pyridine rings is 1. The van der Waals surface area contributed by atoms with Crippen molar-refractivity contribution in [2.45, 2.75) is 44.9 Å². The summed E-state index contributed by atoms with van der Waals surface area (Å²) in [5.41, 5.74) is 0.311. The van der Waals surface area contributed by atoms with Crippen molar-refractivity contribution in [2.24, 2.45) is 0 Å². The van der Waals surface area contributed by atoms with Gasteiger partial charge in [0.15, 0.2) is 0 Å². The number of carbonyl (C=O) groups excluding carboxylic acids is 1. The van der Waals surface area contributed by atoms with E-state index in [1.54, 1.807) is 20.4 Å². The molecule has 0 aliphatic heterocycles. The normalized spacial score (nSPS) is 14.2. The SMILES string of the molecule is COCC(OC)C(Cc1ccccn1)NC(=O)OC(C)(C)C. The van der Waals surface area contributed by atoms with Crippen LogP contribution in [0.1, 0.15) is 26.5 Å². The molecule has 1 rings (SSSR count). The molecule has 22 heavy (non-hydrogen) atoms. The van der Waals surface area contributed by atoms with Gasteiger partial charge in [-0.2, -0.15) is 0 Å². The number of alkyl carbamates (subject to hydrolysis) is 1. The maximum atomic E-state index is 12.0. The van der Waals surface area contributed by atoms with Crippen molar-refractivity contribution < 1.29 is 19.0 Å². The predicted molar refractivity (Wildman–Crippen MR) is 83.8 cm³/mol. The van der Waals surface area contributed by atoms with Crippen LogP contribution in [-0.4, -0.2) is 49.7 Å². The molecule has 2 unspecified atom stereocenters. The molecular weight excluding hydrogens is 284 g/mol. The van der Waals surface area contributed by atoms with E-state index in [-0.39, 0.29) is 12.1 Å². The molecule has 1 amide bonds. The van der Waals surface area contributed by atoms with Gasteiger partial charge in [0.1, 0.15) is 11.7 Å². The van der Waals surface area contributed by atoms with E-state index in [4.69, 9.17) is 14.2 Å². The van der Waals surface area contributed by atoms with E-state index < -0.39 is 11.7 Å². The van der Waals surface area contributed by atoms with Gasteiger partial charge in [-0.05, 0) is 32.9 Å². The van der Waals surface area contributed by atoms with Crippen LogP contribution in [0.5, 0.6) is 0 Å². The maximum absolute atomic E-state index is 12.0. The van der Waals surface area contributed by atoms with Crippen LogP contribution in [-0.2, 0) is 20.6 Å². The highest BCUT2D eigenvalue weighted by molar-refractivity contribution is 5.68.